The van der Waals surface area contributed by atoms with Crippen LogP contribution in [-0.4, -0.2) is 25.4 Å². The van der Waals surface area contributed by atoms with Crippen molar-refractivity contribution in [1.82, 2.24) is 5.32 Å². The second kappa shape index (κ2) is 6.15. The second-order valence-electron chi connectivity index (χ2n) is 6.67. The first-order valence-corrected chi connectivity index (χ1v) is 7.44. The minimum Gasteiger partial charge on any atom is -0.487 e. The first kappa shape index (κ1) is 15.3. The van der Waals surface area contributed by atoms with Gasteiger partial charge >= 0.3 is 0 Å². The van der Waals surface area contributed by atoms with Gasteiger partial charge in [0.05, 0.1) is 6.61 Å². The lowest BCUT2D eigenvalue weighted by atomic mass is 10.00. The highest BCUT2D eigenvalue weighted by atomic mass is 16.5. The van der Waals surface area contributed by atoms with Crippen molar-refractivity contribution in [3.05, 3.63) is 29.3 Å². The van der Waals surface area contributed by atoms with Gasteiger partial charge in [0.25, 0.3) is 0 Å². The van der Waals surface area contributed by atoms with E-state index in [9.17, 15) is 0 Å². The standard InChI is InChI=1S/C17H27NO2/c1-12(2)15(11-19-5)18-10-13-6-7-16-14(8-13)9-17(3,4)20-16/h6-8,12,15,18H,9-11H2,1-5H3. The molecule has 20 heavy (non-hydrogen) atoms. The van der Waals surface area contributed by atoms with Crippen molar-refractivity contribution in [3.63, 3.8) is 0 Å². The van der Waals surface area contributed by atoms with E-state index in [0.29, 0.717) is 12.0 Å². The molecule has 1 aliphatic rings. The lowest BCUT2D eigenvalue weighted by molar-refractivity contribution is 0.138. The van der Waals surface area contributed by atoms with Gasteiger partial charge in [-0.25, -0.2) is 0 Å². The molecule has 1 N–H and O–H groups in total. The van der Waals surface area contributed by atoms with Crippen molar-refractivity contribution in [2.24, 2.45) is 5.92 Å². The molecule has 0 aliphatic carbocycles. The number of hydrogen-bond acceptors (Lipinski definition) is 3. The minimum atomic E-state index is -0.0646. The molecular formula is C17H27NO2. The Morgan fingerprint density at radius 2 is 2.10 bits per heavy atom. The quantitative estimate of drug-likeness (QED) is 0.866. The van der Waals surface area contributed by atoms with E-state index in [4.69, 9.17) is 9.47 Å². The van der Waals surface area contributed by atoms with Gasteiger partial charge in [-0.15, -0.1) is 0 Å². The Morgan fingerprint density at radius 1 is 1.35 bits per heavy atom. The zero-order valence-electron chi connectivity index (χ0n) is 13.3. The fourth-order valence-corrected chi connectivity index (χ4v) is 2.69. The van der Waals surface area contributed by atoms with Crippen molar-refractivity contribution in [1.29, 1.82) is 0 Å². The van der Waals surface area contributed by atoms with Gasteiger partial charge in [-0.3, -0.25) is 0 Å². The summed E-state index contributed by atoms with van der Waals surface area (Å²) >= 11 is 0. The minimum absolute atomic E-state index is 0.0646. The van der Waals surface area contributed by atoms with Crippen LogP contribution >= 0.6 is 0 Å². The molecule has 1 aromatic rings. The number of ether oxygens (including phenoxy) is 2. The van der Waals surface area contributed by atoms with E-state index in [1.807, 2.05) is 0 Å². The predicted octanol–water partition coefficient (Wildman–Crippen LogP) is 3.16. The molecule has 1 aromatic carbocycles. The maximum Gasteiger partial charge on any atom is 0.123 e. The summed E-state index contributed by atoms with van der Waals surface area (Å²) in [5.41, 5.74) is 2.57. The summed E-state index contributed by atoms with van der Waals surface area (Å²) in [6, 6.07) is 6.90. The molecule has 3 heteroatoms. The van der Waals surface area contributed by atoms with Crippen LogP contribution < -0.4 is 10.1 Å². The highest BCUT2D eigenvalue weighted by molar-refractivity contribution is 5.41. The van der Waals surface area contributed by atoms with Crippen molar-refractivity contribution < 1.29 is 9.47 Å². The molecule has 1 heterocycles. The van der Waals surface area contributed by atoms with Crippen LogP contribution in [0.15, 0.2) is 18.2 Å². The monoisotopic (exact) mass is 277 g/mol. The highest BCUT2D eigenvalue weighted by Crippen LogP contribution is 2.35. The summed E-state index contributed by atoms with van der Waals surface area (Å²) in [5.74, 6) is 1.60. The maximum atomic E-state index is 5.91. The van der Waals surface area contributed by atoms with Crippen molar-refractivity contribution in [3.8, 4) is 5.75 Å². The smallest absolute Gasteiger partial charge is 0.123 e. The number of benzene rings is 1. The van der Waals surface area contributed by atoms with Crippen LogP contribution in [0.25, 0.3) is 0 Å². The molecule has 112 valence electrons. The summed E-state index contributed by atoms with van der Waals surface area (Å²) in [7, 11) is 1.76. The summed E-state index contributed by atoms with van der Waals surface area (Å²) < 4.78 is 11.2. The van der Waals surface area contributed by atoms with E-state index < -0.39 is 0 Å². The average Bonchev–Trinajstić information content (AvgIpc) is 2.67. The molecule has 0 aromatic heterocycles. The van der Waals surface area contributed by atoms with Gasteiger partial charge in [0.2, 0.25) is 0 Å². The van der Waals surface area contributed by atoms with Crippen molar-refractivity contribution in [2.45, 2.75) is 52.3 Å². The Balaban J connectivity index is 1.98. The maximum absolute atomic E-state index is 5.91. The first-order chi connectivity index (χ1) is 9.41. The van der Waals surface area contributed by atoms with Crippen LogP contribution in [0.5, 0.6) is 5.75 Å². The van der Waals surface area contributed by atoms with E-state index in [2.05, 4.69) is 51.2 Å². The third kappa shape index (κ3) is 3.74. The van der Waals surface area contributed by atoms with Crippen LogP contribution in [0.3, 0.4) is 0 Å². The number of rotatable bonds is 6. The number of methoxy groups -OCH3 is 1. The molecule has 3 nitrogen and oxygen atoms in total. The predicted molar refractivity (Wildman–Crippen MR) is 82.2 cm³/mol. The number of nitrogens with one attached hydrogen (secondary N) is 1. The fourth-order valence-electron chi connectivity index (χ4n) is 2.69. The molecule has 0 saturated heterocycles. The molecule has 0 spiro atoms. The topological polar surface area (TPSA) is 30.5 Å². The van der Waals surface area contributed by atoms with Gasteiger partial charge in [0.1, 0.15) is 11.4 Å². The normalized spacial score (nSPS) is 17.9. The van der Waals surface area contributed by atoms with Crippen molar-refractivity contribution >= 4 is 0 Å². The van der Waals surface area contributed by atoms with Crippen molar-refractivity contribution in [2.75, 3.05) is 13.7 Å². The lowest BCUT2D eigenvalue weighted by Gasteiger charge is -2.21. The van der Waals surface area contributed by atoms with Crippen LogP contribution in [0, 0.1) is 5.92 Å². The van der Waals surface area contributed by atoms with Gasteiger partial charge in [-0.1, -0.05) is 26.0 Å². The average molecular weight is 277 g/mol. The largest absolute Gasteiger partial charge is 0.487 e. The van der Waals surface area contributed by atoms with Gasteiger partial charge < -0.3 is 14.8 Å². The molecule has 1 aliphatic heterocycles. The van der Waals surface area contributed by atoms with Crippen LogP contribution in [0.4, 0.5) is 0 Å². The Kier molecular flexibility index (Phi) is 4.71. The first-order valence-electron chi connectivity index (χ1n) is 7.44. The third-order valence-electron chi connectivity index (χ3n) is 3.85. The number of hydrogen-bond donors (Lipinski definition) is 1. The van der Waals surface area contributed by atoms with E-state index in [-0.39, 0.29) is 5.60 Å². The van der Waals surface area contributed by atoms with Crippen LogP contribution in [0.1, 0.15) is 38.8 Å². The van der Waals surface area contributed by atoms with Gasteiger partial charge in [0, 0.05) is 26.1 Å². The Morgan fingerprint density at radius 3 is 2.75 bits per heavy atom. The molecule has 0 saturated carbocycles. The molecule has 0 bridgehead atoms. The van der Waals surface area contributed by atoms with Gasteiger partial charge in [-0.2, -0.15) is 0 Å². The van der Waals surface area contributed by atoms with E-state index in [1.165, 1.54) is 11.1 Å². The summed E-state index contributed by atoms with van der Waals surface area (Å²) in [4.78, 5) is 0. The molecule has 1 unspecified atom stereocenters. The van der Waals surface area contributed by atoms with E-state index in [0.717, 1.165) is 25.3 Å². The second-order valence-corrected chi connectivity index (χ2v) is 6.67. The molecule has 2 rings (SSSR count). The van der Waals surface area contributed by atoms with Gasteiger partial charge in [-0.05, 0) is 37.0 Å². The van der Waals surface area contributed by atoms with E-state index >= 15 is 0 Å². The Hall–Kier alpha value is -1.06. The Labute approximate surface area is 122 Å². The lowest BCUT2D eigenvalue weighted by Crippen LogP contribution is -2.37. The Bertz CT molecular complexity index is 454. The van der Waals surface area contributed by atoms with Gasteiger partial charge in [0.15, 0.2) is 0 Å². The summed E-state index contributed by atoms with van der Waals surface area (Å²) in [6.45, 7) is 10.3. The molecule has 0 amide bonds. The van der Waals surface area contributed by atoms with E-state index in [1.54, 1.807) is 7.11 Å². The molecular weight excluding hydrogens is 250 g/mol. The van der Waals surface area contributed by atoms with Crippen LogP contribution in [0.2, 0.25) is 0 Å². The SMILES string of the molecule is COCC(NCc1ccc2c(c1)CC(C)(C)O2)C(C)C. The fraction of sp³-hybridized carbons (Fsp3) is 0.647. The zero-order valence-corrected chi connectivity index (χ0v) is 13.3. The highest BCUT2D eigenvalue weighted by Gasteiger charge is 2.29. The number of fused-ring (bicyclic) bond motifs is 1. The summed E-state index contributed by atoms with van der Waals surface area (Å²) in [5, 5.41) is 3.58. The molecule has 0 radical (unpaired) electrons. The molecule has 0 fully saturated rings. The third-order valence-corrected chi connectivity index (χ3v) is 3.85. The zero-order chi connectivity index (χ0) is 14.8. The molecule has 1 atom stereocenters. The summed E-state index contributed by atoms with van der Waals surface area (Å²) in [6.07, 6.45) is 0.988. The van der Waals surface area contributed by atoms with Crippen LogP contribution in [-0.2, 0) is 17.7 Å².